The van der Waals surface area contributed by atoms with Crippen molar-refractivity contribution in [3.8, 4) is 0 Å². The van der Waals surface area contributed by atoms with Crippen molar-refractivity contribution in [1.82, 2.24) is 5.32 Å². The zero-order chi connectivity index (χ0) is 14.7. The van der Waals surface area contributed by atoms with Crippen LogP contribution in [0, 0.1) is 24.7 Å². The molecule has 112 valence electrons. The van der Waals surface area contributed by atoms with E-state index in [1.165, 1.54) is 30.4 Å². The highest BCUT2D eigenvalue weighted by Crippen LogP contribution is 2.40. The molecule has 2 heteroatoms. The largest absolute Gasteiger partial charge is 0.310 e. The van der Waals surface area contributed by atoms with E-state index in [0.717, 1.165) is 29.3 Å². The van der Waals surface area contributed by atoms with Crippen LogP contribution in [0.15, 0.2) is 18.2 Å². The molecule has 0 heterocycles. The Bertz CT molecular complexity index is 443. The Morgan fingerprint density at radius 2 is 2.00 bits per heavy atom. The fourth-order valence-electron chi connectivity index (χ4n) is 3.53. The number of hydrogen-bond acceptors (Lipinski definition) is 1. The van der Waals surface area contributed by atoms with Crippen molar-refractivity contribution in [2.45, 2.75) is 53.0 Å². The number of nitrogens with one attached hydrogen (secondary N) is 1. The normalized spacial score (nSPS) is 28.4. The molecule has 0 saturated heterocycles. The van der Waals surface area contributed by atoms with Gasteiger partial charge in [-0.25, -0.2) is 0 Å². The molecule has 0 amide bonds. The van der Waals surface area contributed by atoms with Gasteiger partial charge in [0.05, 0.1) is 0 Å². The van der Waals surface area contributed by atoms with Crippen molar-refractivity contribution in [3.63, 3.8) is 0 Å². The maximum absolute atomic E-state index is 6.17. The van der Waals surface area contributed by atoms with E-state index in [1.54, 1.807) is 0 Å². The second kappa shape index (κ2) is 6.95. The van der Waals surface area contributed by atoms with Crippen LogP contribution in [0.3, 0.4) is 0 Å². The molecule has 1 nitrogen and oxygen atoms in total. The first kappa shape index (κ1) is 15.9. The molecule has 1 aromatic rings. The SMILES string of the molecule is CCNC(c1ccc(Cl)c(C)c1)C1CCC(C)C(C)C1. The second-order valence-corrected chi connectivity index (χ2v) is 6.98. The van der Waals surface area contributed by atoms with Crippen LogP contribution >= 0.6 is 11.6 Å². The third-order valence-corrected chi connectivity index (χ3v) is 5.50. The molecule has 0 aliphatic heterocycles. The molecule has 1 N–H and O–H groups in total. The van der Waals surface area contributed by atoms with Crippen LogP contribution in [0.5, 0.6) is 0 Å². The van der Waals surface area contributed by atoms with E-state index >= 15 is 0 Å². The molecule has 0 aromatic heterocycles. The summed E-state index contributed by atoms with van der Waals surface area (Å²) in [5.74, 6) is 2.46. The van der Waals surface area contributed by atoms with Gasteiger partial charge in [0.25, 0.3) is 0 Å². The monoisotopic (exact) mass is 293 g/mol. The first-order chi connectivity index (χ1) is 9.52. The molecule has 1 fully saturated rings. The summed E-state index contributed by atoms with van der Waals surface area (Å²) >= 11 is 6.17. The van der Waals surface area contributed by atoms with E-state index in [1.807, 2.05) is 6.07 Å². The van der Waals surface area contributed by atoms with Gasteiger partial charge in [0.2, 0.25) is 0 Å². The highest BCUT2D eigenvalue weighted by atomic mass is 35.5. The standard InChI is InChI=1S/C18H28ClN/c1-5-20-18(15-7-6-12(2)13(3)10-15)16-8-9-17(19)14(4)11-16/h8-9,11-13,15,18,20H,5-7,10H2,1-4H3. The predicted molar refractivity (Wildman–Crippen MR) is 88.3 cm³/mol. The summed E-state index contributed by atoms with van der Waals surface area (Å²) in [7, 11) is 0. The molecule has 0 spiro atoms. The summed E-state index contributed by atoms with van der Waals surface area (Å²) in [6, 6.07) is 6.99. The zero-order valence-corrected chi connectivity index (χ0v) is 14.0. The Hall–Kier alpha value is -0.530. The number of halogens is 1. The van der Waals surface area contributed by atoms with Crippen LogP contribution in [0.1, 0.15) is 57.2 Å². The zero-order valence-electron chi connectivity index (χ0n) is 13.2. The summed E-state index contributed by atoms with van der Waals surface area (Å²) in [4.78, 5) is 0. The topological polar surface area (TPSA) is 12.0 Å². The van der Waals surface area contributed by atoms with Gasteiger partial charge in [-0.05, 0) is 61.3 Å². The van der Waals surface area contributed by atoms with E-state index in [2.05, 4.69) is 45.1 Å². The third kappa shape index (κ3) is 3.56. The summed E-state index contributed by atoms with van der Waals surface area (Å²) in [5, 5.41) is 4.58. The summed E-state index contributed by atoms with van der Waals surface area (Å²) in [6.07, 6.45) is 4.03. The van der Waals surface area contributed by atoms with E-state index in [9.17, 15) is 0 Å². The van der Waals surface area contributed by atoms with Crippen LogP contribution < -0.4 is 5.32 Å². The third-order valence-electron chi connectivity index (χ3n) is 5.08. The predicted octanol–water partition coefficient (Wildman–Crippen LogP) is 5.37. The van der Waals surface area contributed by atoms with Gasteiger partial charge >= 0.3 is 0 Å². The summed E-state index contributed by atoms with van der Waals surface area (Å²) in [5.41, 5.74) is 2.59. The Morgan fingerprint density at radius 3 is 2.60 bits per heavy atom. The molecule has 0 bridgehead atoms. The van der Waals surface area contributed by atoms with Crippen molar-refractivity contribution in [3.05, 3.63) is 34.3 Å². The number of hydrogen-bond donors (Lipinski definition) is 1. The number of benzene rings is 1. The lowest BCUT2D eigenvalue weighted by Gasteiger charge is -2.37. The van der Waals surface area contributed by atoms with Gasteiger partial charge < -0.3 is 5.32 Å². The number of rotatable bonds is 4. The van der Waals surface area contributed by atoms with Gasteiger partial charge in [-0.15, -0.1) is 0 Å². The molecule has 1 aliphatic carbocycles. The molecule has 2 rings (SSSR count). The van der Waals surface area contributed by atoms with Gasteiger partial charge in [-0.1, -0.05) is 50.9 Å². The maximum Gasteiger partial charge on any atom is 0.0435 e. The quantitative estimate of drug-likeness (QED) is 0.787. The van der Waals surface area contributed by atoms with Crippen LogP contribution in [-0.2, 0) is 0 Å². The molecular formula is C18H28ClN. The van der Waals surface area contributed by atoms with Gasteiger partial charge in [0.15, 0.2) is 0 Å². The lowest BCUT2D eigenvalue weighted by atomic mass is 9.72. The van der Waals surface area contributed by atoms with Crippen LogP contribution in [0.2, 0.25) is 5.02 Å². The number of aryl methyl sites for hydroxylation is 1. The maximum atomic E-state index is 6.17. The van der Waals surface area contributed by atoms with Gasteiger partial charge in [-0.3, -0.25) is 0 Å². The first-order valence-corrected chi connectivity index (χ1v) is 8.40. The Balaban J connectivity index is 2.19. The average molecular weight is 294 g/mol. The average Bonchev–Trinajstić information content (AvgIpc) is 2.43. The van der Waals surface area contributed by atoms with Crippen molar-refractivity contribution < 1.29 is 0 Å². The Kier molecular flexibility index (Phi) is 5.51. The lowest BCUT2D eigenvalue weighted by Crippen LogP contribution is -2.33. The highest BCUT2D eigenvalue weighted by Gasteiger charge is 2.30. The van der Waals surface area contributed by atoms with E-state index in [4.69, 9.17) is 11.6 Å². The minimum absolute atomic E-state index is 0.478. The Morgan fingerprint density at radius 1 is 1.25 bits per heavy atom. The summed E-state index contributed by atoms with van der Waals surface area (Å²) < 4.78 is 0. The highest BCUT2D eigenvalue weighted by molar-refractivity contribution is 6.31. The van der Waals surface area contributed by atoms with Gasteiger partial charge in [0, 0.05) is 11.1 Å². The Labute approximate surface area is 129 Å². The molecule has 1 aromatic carbocycles. The summed E-state index contributed by atoms with van der Waals surface area (Å²) in [6.45, 7) is 10.1. The molecular weight excluding hydrogens is 266 g/mol. The van der Waals surface area contributed by atoms with Crippen molar-refractivity contribution in [1.29, 1.82) is 0 Å². The van der Waals surface area contributed by atoms with E-state index < -0.39 is 0 Å². The smallest absolute Gasteiger partial charge is 0.0435 e. The van der Waals surface area contributed by atoms with E-state index in [-0.39, 0.29) is 0 Å². The van der Waals surface area contributed by atoms with Crippen molar-refractivity contribution in [2.75, 3.05) is 6.54 Å². The van der Waals surface area contributed by atoms with Crippen molar-refractivity contribution >= 4 is 11.6 Å². The first-order valence-electron chi connectivity index (χ1n) is 8.02. The minimum atomic E-state index is 0.478. The second-order valence-electron chi connectivity index (χ2n) is 6.57. The fourth-order valence-corrected chi connectivity index (χ4v) is 3.65. The van der Waals surface area contributed by atoms with Crippen LogP contribution in [0.25, 0.3) is 0 Å². The van der Waals surface area contributed by atoms with E-state index in [0.29, 0.717) is 6.04 Å². The van der Waals surface area contributed by atoms with Crippen molar-refractivity contribution in [2.24, 2.45) is 17.8 Å². The molecule has 4 unspecified atom stereocenters. The molecule has 1 aliphatic rings. The van der Waals surface area contributed by atoms with Crippen LogP contribution in [-0.4, -0.2) is 6.54 Å². The lowest BCUT2D eigenvalue weighted by molar-refractivity contribution is 0.172. The van der Waals surface area contributed by atoms with Gasteiger partial charge in [-0.2, -0.15) is 0 Å². The molecule has 1 saturated carbocycles. The fraction of sp³-hybridized carbons (Fsp3) is 0.667. The van der Waals surface area contributed by atoms with Crippen LogP contribution in [0.4, 0.5) is 0 Å². The van der Waals surface area contributed by atoms with Gasteiger partial charge in [0.1, 0.15) is 0 Å². The molecule has 0 radical (unpaired) electrons. The molecule has 4 atom stereocenters. The minimum Gasteiger partial charge on any atom is -0.310 e. The molecule has 20 heavy (non-hydrogen) atoms.